The van der Waals surface area contributed by atoms with Gasteiger partial charge in [0.15, 0.2) is 0 Å². The molecule has 0 aromatic heterocycles. The molecule has 17 nitrogen and oxygen atoms in total. The summed E-state index contributed by atoms with van der Waals surface area (Å²) in [6, 6.07) is 29.8. The molecular formula is C56H67N7O10. The predicted octanol–water partition coefficient (Wildman–Crippen LogP) is 6.83. The van der Waals surface area contributed by atoms with Crippen molar-refractivity contribution in [2.75, 3.05) is 52.5 Å². The Morgan fingerprint density at radius 3 is 1.30 bits per heavy atom. The van der Waals surface area contributed by atoms with Gasteiger partial charge in [0.25, 0.3) is 0 Å². The molecule has 2 aliphatic rings. The summed E-state index contributed by atoms with van der Waals surface area (Å²) in [6.07, 6.45) is 2.51. The highest BCUT2D eigenvalue weighted by Crippen LogP contribution is 2.45. The number of nitrogens with one attached hydrogen (secondary N) is 6. The second-order valence-electron chi connectivity index (χ2n) is 18.8. The number of alkyl carbamates (subject to hydrolysis) is 2. The van der Waals surface area contributed by atoms with E-state index in [1.54, 1.807) is 20.8 Å². The largest absolute Gasteiger partial charge is 0.449 e. The molecule has 6 N–H and O–H groups in total. The van der Waals surface area contributed by atoms with Crippen LogP contribution in [-0.2, 0) is 33.4 Å². The second kappa shape index (κ2) is 26.5. The third kappa shape index (κ3) is 15.5. The van der Waals surface area contributed by atoms with Crippen LogP contribution >= 0.6 is 0 Å². The van der Waals surface area contributed by atoms with Crippen molar-refractivity contribution in [3.8, 4) is 22.3 Å². The van der Waals surface area contributed by atoms with Gasteiger partial charge < -0.3 is 51.0 Å². The zero-order valence-corrected chi connectivity index (χ0v) is 41.8. The molecule has 6 rings (SSSR count). The van der Waals surface area contributed by atoms with Gasteiger partial charge in [0, 0.05) is 38.0 Å². The third-order valence-corrected chi connectivity index (χ3v) is 12.3. The average Bonchev–Trinajstić information content (AvgIpc) is 3.87. The van der Waals surface area contributed by atoms with Gasteiger partial charge in [0.2, 0.25) is 23.6 Å². The summed E-state index contributed by atoms with van der Waals surface area (Å²) in [7, 11) is 0. The topological polar surface area (TPSA) is 223 Å². The van der Waals surface area contributed by atoms with Gasteiger partial charge in [0.05, 0.1) is 13.1 Å². The number of unbranched alkanes of at least 4 members (excludes halogenated alkanes) is 1. The van der Waals surface area contributed by atoms with Gasteiger partial charge in [-0.2, -0.15) is 0 Å². The van der Waals surface area contributed by atoms with Gasteiger partial charge in [-0.15, -0.1) is 13.2 Å². The number of hydrogen-bond donors (Lipinski definition) is 6. The third-order valence-electron chi connectivity index (χ3n) is 12.3. The fourth-order valence-corrected chi connectivity index (χ4v) is 8.84. The van der Waals surface area contributed by atoms with Crippen LogP contribution in [-0.4, -0.2) is 117 Å². The molecule has 0 saturated carbocycles. The molecule has 4 aromatic carbocycles. The molecule has 0 bridgehead atoms. The summed E-state index contributed by atoms with van der Waals surface area (Å²) >= 11 is 0. The first-order valence-electron chi connectivity index (χ1n) is 24.7. The molecule has 2 atom stereocenters. The van der Waals surface area contributed by atoms with Crippen molar-refractivity contribution < 1.29 is 47.8 Å². The van der Waals surface area contributed by atoms with Gasteiger partial charge in [-0.1, -0.05) is 109 Å². The minimum Gasteiger partial charge on any atom is -0.449 e. The molecule has 73 heavy (non-hydrogen) atoms. The normalized spacial score (nSPS) is 13.0. The summed E-state index contributed by atoms with van der Waals surface area (Å²) in [5.41, 5.74) is 7.85. The van der Waals surface area contributed by atoms with Crippen LogP contribution in [0.5, 0.6) is 0 Å². The molecule has 2 aliphatic carbocycles. The Balaban J connectivity index is 0.858. The molecular weight excluding hydrogens is 931 g/mol. The van der Waals surface area contributed by atoms with Gasteiger partial charge in [-0.3, -0.25) is 19.2 Å². The SMILES string of the molecule is C=CC[C@H](NC(=O)OCC1c2ccccc2-c2ccccc21)C(=O)NCC(=O)NCCCCN(CCCNC(=O)CNC(=O)[C@H](CC=C)NC(=O)OCC1c2ccccc2-c2ccccc21)C(=O)OC(C)(C)C. The summed E-state index contributed by atoms with van der Waals surface area (Å²) in [5, 5.41) is 15.8. The molecule has 0 heterocycles. The van der Waals surface area contributed by atoms with Crippen LogP contribution in [0.4, 0.5) is 14.4 Å². The van der Waals surface area contributed by atoms with Crippen LogP contribution in [0.25, 0.3) is 22.3 Å². The van der Waals surface area contributed by atoms with Gasteiger partial charge in [-0.25, -0.2) is 14.4 Å². The molecule has 0 fully saturated rings. The van der Waals surface area contributed by atoms with E-state index in [0.717, 1.165) is 44.5 Å². The highest BCUT2D eigenvalue weighted by Gasteiger charge is 2.32. The Hall–Kier alpha value is -7.95. The molecule has 0 radical (unpaired) electrons. The number of nitrogens with zero attached hydrogens (tertiary/aromatic N) is 1. The maximum absolute atomic E-state index is 13.1. The molecule has 0 aliphatic heterocycles. The zero-order chi connectivity index (χ0) is 52.3. The number of hydrogen-bond acceptors (Lipinski definition) is 10. The maximum atomic E-state index is 13.1. The lowest BCUT2D eigenvalue weighted by atomic mass is 9.98. The van der Waals surface area contributed by atoms with Crippen molar-refractivity contribution >= 4 is 41.9 Å². The molecule has 17 heteroatoms. The summed E-state index contributed by atoms with van der Waals surface area (Å²) in [6.45, 7) is 13.1. The Morgan fingerprint density at radius 2 is 0.918 bits per heavy atom. The van der Waals surface area contributed by atoms with E-state index in [0.29, 0.717) is 25.8 Å². The lowest BCUT2D eigenvalue weighted by Gasteiger charge is -2.27. The summed E-state index contributed by atoms with van der Waals surface area (Å²) in [5.74, 6) is -2.37. The smallest absolute Gasteiger partial charge is 0.410 e. The molecule has 7 amide bonds. The van der Waals surface area contributed by atoms with Crippen molar-refractivity contribution in [3.05, 3.63) is 145 Å². The Bertz CT molecular complexity index is 2540. The van der Waals surface area contributed by atoms with E-state index in [2.05, 4.69) is 45.1 Å². The van der Waals surface area contributed by atoms with E-state index in [9.17, 15) is 33.6 Å². The Morgan fingerprint density at radius 1 is 0.548 bits per heavy atom. The number of carbonyl (C=O) groups excluding carboxylic acids is 7. The Labute approximate surface area is 426 Å². The van der Waals surface area contributed by atoms with Gasteiger partial charge in [-0.05, 0) is 97.4 Å². The van der Waals surface area contributed by atoms with Gasteiger partial charge >= 0.3 is 18.3 Å². The number of fused-ring (bicyclic) bond motifs is 6. The van der Waals surface area contributed by atoms with Crippen LogP contribution in [0.15, 0.2) is 122 Å². The quantitative estimate of drug-likeness (QED) is 0.0231. The van der Waals surface area contributed by atoms with E-state index in [4.69, 9.17) is 14.2 Å². The summed E-state index contributed by atoms with van der Waals surface area (Å²) in [4.78, 5) is 92.0. The molecule has 0 saturated heterocycles. The van der Waals surface area contributed by atoms with E-state index >= 15 is 0 Å². The average molecular weight is 998 g/mol. The van der Waals surface area contributed by atoms with Crippen molar-refractivity contribution in [1.82, 2.24) is 36.8 Å². The van der Waals surface area contributed by atoms with Crippen molar-refractivity contribution in [2.45, 2.75) is 82.4 Å². The molecule has 386 valence electrons. The molecule has 0 unspecified atom stereocenters. The van der Waals surface area contributed by atoms with E-state index in [1.165, 1.54) is 17.1 Å². The number of ether oxygens (including phenoxy) is 3. The second-order valence-corrected chi connectivity index (χ2v) is 18.8. The summed E-state index contributed by atoms with van der Waals surface area (Å²) < 4.78 is 16.8. The Kier molecular flexibility index (Phi) is 19.7. The standard InChI is InChI=1S/C56H67N7O10/c1-6-19-47(61-53(68)71-35-45-41-25-12-8-21-37(41)38-22-9-13-26-42(38)45)51(66)59-33-49(64)57-29-16-17-31-63(55(70)73-56(3,4)5)32-18-30-58-50(65)34-60-52(67)48(20-7-2)62-54(69)72-36-46-43-27-14-10-23-39(43)40-24-11-15-28-44(40)46/h6-15,21-28,45-48H,1-2,16-20,29-36H2,3-5H3,(H,57,64)(H,58,65)(H,59,66)(H,60,67)(H,61,68)(H,62,69)/t47-,48-/m0/s1. The number of benzene rings is 4. The first kappa shape index (κ1) is 54.4. The fourth-order valence-electron chi connectivity index (χ4n) is 8.84. The minimum atomic E-state index is -1.02. The predicted molar refractivity (Wildman–Crippen MR) is 277 cm³/mol. The first-order valence-corrected chi connectivity index (χ1v) is 24.7. The molecule has 4 aromatic rings. The number of rotatable bonds is 25. The number of amides is 7. The monoisotopic (exact) mass is 997 g/mol. The van der Waals surface area contributed by atoms with Crippen LogP contribution in [0, 0.1) is 0 Å². The highest BCUT2D eigenvalue weighted by molar-refractivity contribution is 5.90. The van der Waals surface area contributed by atoms with Crippen molar-refractivity contribution in [1.29, 1.82) is 0 Å². The molecule has 0 spiro atoms. The van der Waals surface area contributed by atoms with Crippen LogP contribution < -0.4 is 31.9 Å². The lowest BCUT2D eigenvalue weighted by Crippen LogP contribution is -2.49. The van der Waals surface area contributed by atoms with Crippen molar-refractivity contribution in [2.24, 2.45) is 0 Å². The van der Waals surface area contributed by atoms with E-state index in [-0.39, 0.29) is 70.6 Å². The van der Waals surface area contributed by atoms with Crippen molar-refractivity contribution in [3.63, 3.8) is 0 Å². The minimum absolute atomic E-state index is 0.0744. The van der Waals surface area contributed by atoms with Crippen LogP contribution in [0.2, 0.25) is 0 Å². The van der Waals surface area contributed by atoms with E-state index < -0.39 is 59.6 Å². The van der Waals surface area contributed by atoms with E-state index in [1.807, 2.05) is 97.1 Å². The van der Waals surface area contributed by atoms with Gasteiger partial charge in [0.1, 0.15) is 30.9 Å². The number of carbonyl (C=O) groups is 7. The fraction of sp³-hybridized carbons (Fsp3) is 0.375. The zero-order valence-electron chi connectivity index (χ0n) is 41.8. The van der Waals surface area contributed by atoms with Crippen LogP contribution in [0.1, 0.15) is 87.0 Å². The van der Waals surface area contributed by atoms with Crippen LogP contribution in [0.3, 0.4) is 0 Å². The highest BCUT2D eigenvalue weighted by atomic mass is 16.6. The lowest BCUT2D eigenvalue weighted by molar-refractivity contribution is -0.127. The first-order chi connectivity index (χ1) is 35.2. The maximum Gasteiger partial charge on any atom is 0.410 e.